The molecule has 0 aliphatic rings. The van der Waals surface area contributed by atoms with Crippen molar-refractivity contribution >= 4 is 6.09 Å². The first-order valence-corrected chi connectivity index (χ1v) is 6.17. The highest BCUT2D eigenvalue weighted by Crippen LogP contribution is 2.09. The van der Waals surface area contributed by atoms with Gasteiger partial charge in [-0.05, 0) is 32.1 Å². The predicted molar refractivity (Wildman–Crippen MR) is 72.8 cm³/mol. The zero-order valence-corrected chi connectivity index (χ0v) is 11.5. The van der Waals surface area contributed by atoms with E-state index in [0.29, 0.717) is 11.7 Å². The summed E-state index contributed by atoms with van der Waals surface area (Å²) in [6.07, 6.45) is -0.401. The number of hydrogen-bond acceptors (Lipinski definition) is 3. The van der Waals surface area contributed by atoms with Crippen LogP contribution in [0.25, 0.3) is 0 Å². The topological polar surface area (TPSA) is 41.6 Å². The van der Waals surface area contributed by atoms with Gasteiger partial charge in [-0.3, -0.25) is 0 Å². The van der Waals surface area contributed by atoms with Crippen LogP contribution in [0.5, 0.6) is 5.75 Å². The lowest BCUT2D eigenvalue weighted by Crippen LogP contribution is -2.46. The van der Waals surface area contributed by atoms with Gasteiger partial charge in [-0.15, -0.1) is 0 Å². The SMILES string of the molecule is CC(C)C(CN(C)C)NC(=O)Oc1ccccc1. The molecular weight excluding hydrogens is 228 g/mol. The van der Waals surface area contributed by atoms with E-state index in [0.717, 1.165) is 6.54 Å². The summed E-state index contributed by atoms with van der Waals surface area (Å²) in [6, 6.07) is 9.15. The maximum atomic E-state index is 11.8. The number of amides is 1. The van der Waals surface area contributed by atoms with Crippen LogP contribution in [0.15, 0.2) is 30.3 Å². The van der Waals surface area contributed by atoms with Crippen LogP contribution in [0.1, 0.15) is 13.8 Å². The zero-order chi connectivity index (χ0) is 13.5. The molecule has 1 rings (SSSR count). The quantitative estimate of drug-likeness (QED) is 0.872. The summed E-state index contributed by atoms with van der Waals surface area (Å²) in [5.74, 6) is 0.915. The molecule has 1 aromatic carbocycles. The van der Waals surface area contributed by atoms with Crippen molar-refractivity contribution < 1.29 is 9.53 Å². The van der Waals surface area contributed by atoms with Crippen LogP contribution in [0.3, 0.4) is 0 Å². The number of ether oxygens (including phenoxy) is 1. The van der Waals surface area contributed by atoms with Crippen molar-refractivity contribution in [3.63, 3.8) is 0 Å². The van der Waals surface area contributed by atoms with Crippen LogP contribution in [0, 0.1) is 5.92 Å². The minimum absolute atomic E-state index is 0.0798. The van der Waals surface area contributed by atoms with Gasteiger partial charge < -0.3 is 15.0 Å². The lowest BCUT2D eigenvalue weighted by atomic mass is 10.0. The Kier molecular flexibility index (Phi) is 5.65. The van der Waals surface area contributed by atoms with Crippen molar-refractivity contribution in [3.05, 3.63) is 30.3 Å². The highest BCUT2D eigenvalue weighted by Gasteiger charge is 2.17. The smallest absolute Gasteiger partial charge is 0.410 e. The molecule has 1 unspecified atom stereocenters. The molecule has 0 bridgehead atoms. The minimum atomic E-state index is -0.401. The summed E-state index contributed by atoms with van der Waals surface area (Å²) in [5.41, 5.74) is 0. The fourth-order valence-corrected chi connectivity index (χ4v) is 1.59. The van der Waals surface area contributed by atoms with Gasteiger partial charge in [0.1, 0.15) is 5.75 Å². The number of benzene rings is 1. The molecule has 100 valence electrons. The third-order valence-electron chi connectivity index (χ3n) is 2.62. The van der Waals surface area contributed by atoms with Crippen molar-refractivity contribution in [3.8, 4) is 5.75 Å². The minimum Gasteiger partial charge on any atom is -0.410 e. The van der Waals surface area contributed by atoms with Gasteiger partial charge in [-0.25, -0.2) is 4.79 Å². The van der Waals surface area contributed by atoms with Crippen LogP contribution in [-0.4, -0.2) is 37.7 Å². The largest absolute Gasteiger partial charge is 0.412 e. The molecule has 0 saturated carbocycles. The highest BCUT2D eigenvalue weighted by atomic mass is 16.6. The average molecular weight is 250 g/mol. The van der Waals surface area contributed by atoms with Crippen LogP contribution < -0.4 is 10.1 Å². The maximum absolute atomic E-state index is 11.8. The molecule has 18 heavy (non-hydrogen) atoms. The van der Waals surface area contributed by atoms with Gasteiger partial charge >= 0.3 is 6.09 Å². The monoisotopic (exact) mass is 250 g/mol. The Morgan fingerprint density at radius 3 is 2.39 bits per heavy atom. The first kappa shape index (κ1) is 14.5. The van der Waals surface area contributed by atoms with Gasteiger partial charge in [-0.2, -0.15) is 0 Å². The van der Waals surface area contributed by atoms with Crippen LogP contribution in [0.4, 0.5) is 4.79 Å². The molecule has 0 aliphatic heterocycles. The van der Waals surface area contributed by atoms with E-state index in [-0.39, 0.29) is 6.04 Å². The maximum Gasteiger partial charge on any atom is 0.412 e. The first-order chi connectivity index (χ1) is 8.49. The van der Waals surface area contributed by atoms with Gasteiger partial charge in [0.2, 0.25) is 0 Å². The molecule has 0 radical (unpaired) electrons. The predicted octanol–water partition coefficient (Wildman–Crippen LogP) is 2.36. The van der Waals surface area contributed by atoms with E-state index in [1.807, 2.05) is 37.2 Å². The molecule has 1 amide bonds. The van der Waals surface area contributed by atoms with Crippen molar-refractivity contribution in [1.29, 1.82) is 0 Å². The Labute approximate surface area is 109 Å². The Morgan fingerprint density at radius 2 is 1.89 bits per heavy atom. The molecule has 1 aromatic rings. The normalized spacial score (nSPS) is 12.6. The molecule has 0 fully saturated rings. The van der Waals surface area contributed by atoms with E-state index in [1.165, 1.54) is 0 Å². The molecule has 4 heteroatoms. The third-order valence-corrected chi connectivity index (χ3v) is 2.62. The molecular formula is C14H22N2O2. The summed E-state index contributed by atoms with van der Waals surface area (Å²) < 4.78 is 5.21. The zero-order valence-electron chi connectivity index (χ0n) is 11.5. The van der Waals surface area contributed by atoms with Gasteiger partial charge in [0, 0.05) is 12.6 Å². The molecule has 1 atom stereocenters. The number of nitrogens with one attached hydrogen (secondary N) is 1. The van der Waals surface area contributed by atoms with E-state index in [9.17, 15) is 4.79 Å². The van der Waals surface area contributed by atoms with Gasteiger partial charge in [0.15, 0.2) is 0 Å². The number of hydrogen-bond donors (Lipinski definition) is 1. The van der Waals surface area contributed by atoms with Gasteiger partial charge in [-0.1, -0.05) is 32.0 Å². The van der Waals surface area contributed by atoms with Crippen molar-refractivity contribution in [2.75, 3.05) is 20.6 Å². The van der Waals surface area contributed by atoms with Crippen LogP contribution in [-0.2, 0) is 0 Å². The summed E-state index contributed by atoms with van der Waals surface area (Å²) in [5, 5.41) is 2.89. The summed E-state index contributed by atoms with van der Waals surface area (Å²) in [7, 11) is 3.97. The molecule has 1 N–H and O–H groups in total. The Hall–Kier alpha value is -1.55. The lowest BCUT2D eigenvalue weighted by Gasteiger charge is -2.25. The third kappa shape index (κ3) is 5.19. The summed E-state index contributed by atoms with van der Waals surface area (Å²) in [4.78, 5) is 13.8. The van der Waals surface area contributed by atoms with Crippen LogP contribution >= 0.6 is 0 Å². The van der Waals surface area contributed by atoms with E-state index in [2.05, 4.69) is 19.2 Å². The van der Waals surface area contributed by atoms with Crippen LogP contribution in [0.2, 0.25) is 0 Å². The second-order valence-electron chi connectivity index (χ2n) is 4.96. The standard InChI is InChI=1S/C14H22N2O2/c1-11(2)13(10-16(3)4)15-14(17)18-12-8-6-5-7-9-12/h5-9,11,13H,10H2,1-4H3,(H,15,17). The number of rotatable bonds is 5. The number of carbonyl (C=O) groups excluding carboxylic acids is 1. The summed E-state index contributed by atoms with van der Waals surface area (Å²) in [6.45, 7) is 4.95. The molecule has 0 spiro atoms. The number of likely N-dealkylation sites (N-methyl/N-ethyl adjacent to an activating group) is 1. The van der Waals surface area contributed by atoms with Crippen molar-refractivity contribution in [2.24, 2.45) is 5.92 Å². The van der Waals surface area contributed by atoms with Gasteiger partial charge in [0.05, 0.1) is 0 Å². The molecule has 0 aromatic heterocycles. The van der Waals surface area contributed by atoms with E-state index >= 15 is 0 Å². The average Bonchev–Trinajstić information content (AvgIpc) is 2.28. The molecule has 0 saturated heterocycles. The van der Waals surface area contributed by atoms with Crippen molar-refractivity contribution in [2.45, 2.75) is 19.9 Å². The first-order valence-electron chi connectivity index (χ1n) is 6.17. The lowest BCUT2D eigenvalue weighted by molar-refractivity contribution is 0.186. The fourth-order valence-electron chi connectivity index (χ4n) is 1.59. The Morgan fingerprint density at radius 1 is 1.28 bits per heavy atom. The number of carbonyl (C=O) groups is 1. The fraction of sp³-hybridized carbons (Fsp3) is 0.500. The number of para-hydroxylation sites is 1. The van der Waals surface area contributed by atoms with E-state index < -0.39 is 6.09 Å². The number of nitrogens with zero attached hydrogens (tertiary/aromatic N) is 1. The van der Waals surface area contributed by atoms with Crippen molar-refractivity contribution in [1.82, 2.24) is 10.2 Å². The summed E-state index contributed by atoms with van der Waals surface area (Å²) >= 11 is 0. The molecule has 0 heterocycles. The second-order valence-corrected chi connectivity index (χ2v) is 4.96. The Balaban J connectivity index is 2.51. The van der Waals surface area contributed by atoms with E-state index in [1.54, 1.807) is 12.1 Å². The van der Waals surface area contributed by atoms with Gasteiger partial charge in [0.25, 0.3) is 0 Å². The van der Waals surface area contributed by atoms with E-state index in [4.69, 9.17) is 4.74 Å². The highest BCUT2D eigenvalue weighted by molar-refractivity contribution is 5.70. The second kappa shape index (κ2) is 7.01. The molecule has 0 aliphatic carbocycles. The molecule has 4 nitrogen and oxygen atoms in total. The Bertz CT molecular complexity index is 363.